The number of H-pyrrole nitrogens is 1. The van der Waals surface area contributed by atoms with E-state index in [4.69, 9.17) is 14.5 Å². The van der Waals surface area contributed by atoms with Gasteiger partial charge < -0.3 is 24.3 Å². The number of hydrogen-bond acceptors (Lipinski definition) is 5. The average molecular weight is 493 g/mol. The van der Waals surface area contributed by atoms with Gasteiger partial charge in [0, 0.05) is 16.9 Å². The summed E-state index contributed by atoms with van der Waals surface area (Å²) in [6, 6.07) is 10.5. The summed E-state index contributed by atoms with van der Waals surface area (Å²) in [6.07, 6.45) is 1.40. The molecule has 2 aromatic heterocycles. The normalized spacial score (nSPS) is 14.7. The van der Waals surface area contributed by atoms with Crippen LogP contribution in [-0.4, -0.2) is 39.3 Å². The van der Waals surface area contributed by atoms with Gasteiger partial charge in [-0.15, -0.1) is 0 Å². The lowest BCUT2D eigenvalue weighted by molar-refractivity contribution is 0.0507. The number of methoxy groups -OCH3 is 1. The Kier molecular flexibility index (Phi) is 5.73. The van der Waals surface area contributed by atoms with E-state index in [2.05, 4.69) is 10.3 Å². The number of aromatic amines is 1. The van der Waals surface area contributed by atoms with Crippen molar-refractivity contribution in [3.8, 4) is 11.5 Å². The fourth-order valence-electron chi connectivity index (χ4n) is 4.40. The van der Waals surface area contributed by atoms with E-state index in [1.165, 1.54) is 13.2 Å². The fraction of sp³-hybridized carbons (Fsp3) is 0.370. The quantitative estimate of drug-likeness (QED) is 0.332. The van der Waals surface area contributed by atoms with Crippen molar-refractivity contribution in [2.45, 2.75) is 58.2 Å². The number of nitrogens with zero attached hydrogens (tertiary/aromatic N) is 2. The number of rotatable bonds is 5. The second kappa shape index (κ2) is 8.65. The molecule has 36 heavy (non-hydrogen) atoms. The van der Waals surface area contributed by atoms with Crippen LogP contribution in [0, 0.1) is 5.82 Å². The van der Waals surface area contributed by atoms with E-state index in [9.17, 15) is 9.59 Å². The van der Waals surface area contributed by atoms with Crippen LogP contribution in [0.3, 0.4) is 0 Å². The van der Waals surface area contributed by atoms with Gasteiger partial charge in [-0.3, -0.25) is 0 Å². The number of imidazole rings is 1. The number of carbonyl (C=O) groups excluding carboxylic acids is 2. The van der Waals surface area contributed by atoms with Crippen LogP contribution in [0.1, 0.15) is 68.5 Å². The van der Waals surface area contributed by atoms with Gasteiger partial charge in [0.2, 0.25) is 0 Å². The molecule has 0 bridgehead atoms. The SMILES string of the molecule is COC(=O)c1cc(F)c2c(c1)nc(-c1cc3ccc(C(C)NC(=O)OC(C)(C)C)cc3[nH]1)n2C1CC1. The van der Waals surface area contributed by atoms with Gasteiger partial charge in [0.15, 0.2) is 5.82 Å². The molecule has 1 saturated carbocycles. The lowest BCUT2D eigenvalue weighted by Crippen LogP contribution is -2.34. The first kappa shape index (κ1) is 23.8. The topological polar surface area (TPSA) is 98.2 Å². The molecule has 1 amide bonds. The molecule has 0 spiro atoms. The molecule has 5 rings (SSSR count). The van der Waals surface area contributed by atoms with Gasteiger partial charge in [0.25, 0.3) is 0 Å². The smallest absolute Gasteiger partial charge is 0.408 e. The van der Waals surface area contributed by atoms with Crippen LogP contribution >= 0.6 is 0 Å². The summed E-state index contributed by atoms with van der Waals surface area (Å²) >= 11 is 0. The van der Waals surface area contributed by atoms with Gasteiger partial charge in [0.1, 0.15) is 16.9 Å². The number of benzene rings is 2. The molecule has 2 aromatic carbocycles. The second-order valence-corrected chi connectivity index (χ2v) is 10.3. The zero-order valence-electron chi connectivity index (χ0n) is 20.9. The van der Waals surface area contributed by atoms with Crippen molar-refractivity contribution >= 4 is 34.0 Å². The third kappa shape index (κ3) is 4.53. The molecule has 188 valence electrons. The minimum absolute atomic E-state index is 0.127. The highest BCUT2D eigenvalue weighted by Gasteiger charge is 2.31. The number of nitrogens with one attached hydrogen (secondary N) is 2. The summed E-state index contributed by atoms with van der Waals surface area (Å²) < 4.78 is 27.2. The third-order valence-electron chi connectivity index (χ3n) is 6.19. The minimum Gasteiger partial charge on any atom is -0.465 e. The summed E-state index contributed by atoms with van der Waals surface area (Å²) in [6.45, 7) is 7.35. The second-order valence-electron chi connectivity index (χ2n) is 10.3. The zero-order chi connectivity index (χ0) is 25.8. The maximum absolute atomic E-state index is 15.2. The molecule has 2 heterocycles. The van der Waals surface area contributed by atoms with Gasteiger partial charge in [-0.25, -0.2) is 19.0 Å². The number of halogens is 1. The first-order valence-corrected chi connectivity index (χ1v) is 12.0. The van der Waals surface area contributed by atoms with Crippen molar-refractivity contribution in [2.24, 2.45) is 0 Å². The van der Waals surface area contributed by atoms with Crippen LogP contribution in [0.15, 0.2) is 36.4 Å². The molecule has 1 unspecified atom stereocenters. The Balaban J connectivity index is 1.51. The first-order chi connectivity index (χ1) is 17.0. The van der Waals surface area contributed by atoms with Crippen molar-refractivity contribution in [2.75, 3.05) is 7.11 Å². The predicted molar refractivity (Wildman–Crippen MR) is 134 cm³/mol. The van der Waals surface area contributed by atoms with E-state index in [1.807, 2.05) is 56.5 Å². The van der Waals surface area contributed by atoms with Crippen molar-refractivity contribution in [3.05, 3.63) is 53.3 Å². The van der Waals surface area contributed by atoms with Crippen LogP contribution in [0.4, 0.5) is 9.18 Å². The Morgan fingerprint density at radius 3 is 2.61 bits per heavy atom. The molecule has 1 fully saturated rings. The van der Waals surface area contributed by atoms with Crippen molar-refractivity contribution in [1.29, 1.82) is 0 Å². The van der Waals surface area contributed by atoms with E-state index in [0.717, 1.165) is 35.0 Å². The van der Waals surface area contributed by atoms with E-state index in [0.29, 0.717) is 16.9 Å². The number of alkyl carbamates (subject to hydrolysis) is 1. The van der Waals surface area contributed by atoms with E-state index in [-0.39, 0.29) is 17.6 Å². The number of carbonyl (C=O) groups is 2. The standard InChI is InChI=1S/C27H29FN4O4/c1-14(29-26(34)36-27(2,3)4)15-6-7-16-12-22(30-20(16)11-15)24-31-21-13-17(25(33)35-5)10-19(28)23(21)32(24)18-8-9-18/h6-7,10-14,18,30H,8-9H2,1-5H3,(H,29,34). The van der Waals surface area contributed by atoms with E-state index >= 15 is 4.39 Å². The van der Waals surface area contributed by atoms with E-state index in [1.54, 1.807) is 6.07 Å². The Morgan fingerprint density at radius 1 is 1.19 bits per heavy atom. The molecular formula is C27H29FN4O4. The van der Waals surface area contributed by atoms with Crippen LogP contribution in [0.2, 0.25) is 0 Å². The summed E-state index contributed by atoms with van der Waals surface area (Å²) in [4.78, 5) is 32.3. The molecule has 0 aliphatic heterocycles. The third-order valence-corrected chi connectivity index (χ3v) is 6.19. The number of esters is 1. The molecule has 0 radical (unpaired) electrons. The van der Waals surface area contributed by atoms with Gasteiger partial charge >= 0.3 is 12.1 Å². The average Bonchev–Trinajstić information content (AvgIpc) is 3.42. The number of aromatic nitrogens is 3. The summed E-state index contributed by atoms with van der Waals surface area (Å²) in [5, 5.41) is 3.82. The van der Waals surface area contributed by atoms with Gasteiger partial charge in [-0.05, 0) is 70.4 Å². The van der Waals surface area contributed by atoms with Crippen LogP contribution in [0.25, 0.3) is 33.5 Å². The zero-order valence-corrected chi connectivity index (χ0v) is 20.9. The van der Waals surface area contributed by atoms with Crippen LogP contribution < -0.4 is 5.32 Å². The minimum atomic E-state index is -0.606. The summed E-state index contributed by atoms with van der Waals surface area (Å²) in [7, 11) is 1.27. The number of fused-ring (bicyclic) bond motifs is 2. The largest absolute Gasteiger partial charge is 0.465 e. The maximum atomic E-state index is 15.2. The lowest BCUT2D eigenvalue weighted by Gasteiger charge is -2.22. The molecule has 2 N–H and O–H groups in total. The Labute approximate surface area is 207 Å². The number of hydrogen-bond donors (Lipinski definition) is 2. The molecule has 1 aliphatic rings. The highest BCUT2D eigenvalue weighted by molar-refractivity contribution is 5.95. The molecule has 4 aromatic rings. The maximum Gasteiger partial charge on any atom is 0.408 e. The van der Waals surface area contributed by atoms with Crippen LogP contribution in [-0.2, 0) is 9.47 Å². The molecule has 8 nitrogen and oxygen atoms in total. The fourth-order valence-corrected chi connectivity index (χ4v) is 4.40. The number of amides is 1. The Morgan fingerprint density at radius 2 is 1.94 bits per heavy atom. The summed E-state index contributed by atoms with van der Waals surface area (Å²) in [5.74, 6) is -0.490. The van der Waals surface area contributed by atoms with Crippen LogP contribution in [0.5, 0.6) is 0 Å². The molecule has 0 saturated heterocycles. The Bertz CT molecular complexity index is 1490. The van der Waals surface area contributed by atoms with Gasteiger partial charge in [-0.1, -0.05) is 12.1 Å². The van der Waals surface area contributed by atoms with Crippen molar-refractivity contribution in [3.63, 3.8) is 0 Å². The van der Waals surface area contributed by atoms with E-state index < -0.39 is 23.5 Å². The van der Waals surface area contributed by atoms with Crippen molar-refractivity contribution in [1.82, 2.24) is 19.9 Å². The molecule has 1 aliphatic carbocycles. The Hall–Kier alpha value is -3.88. The molecule has 9 heteroatoms. The highest BCUT2D eigenvalue weighted by atomic mass is 19.1. The number of ether oxygens (including phenoxy) is 2. The summed E-state index contributed by atoms with van der Waals surface area (Å²) in [5.41, 5.74) is 2.86. The predicted octanol–water partition coefficient (Wildman–Crippen LogP) is 6.03. The molecule has 1 atom stereocenters. The monoisotopic (exact) mass is 492 g/mol. The highest BCUT2D eigenvalue weighted by Crippen LogP contribution is 2.42. The first-order valence-electron chi connectivity index (χ1n) is 12.0. The molecular weight excluding hydrogens is 463 g/mol. The van der Waals surface area contributed by atoms with Gasteiger partial charge in [-0.2, -0.15) is 0 Å². The lowest BCUT2D eigenvalue weighted by atomic mass is 10.1. The van der Waals surface area contributed by atoms with Crippen molar-refractivity contribution < 1.29 is 23.5 Å². The van der Waals surface area contributed by atoms with Gasteiger partial charge in [0.05, 0.1) is 29.9 Å².